The molecule has 33 heavy (non-hydrogen) atoms. The van der Waals surface area contributed by atoms with Gasteiger partial charge in [-0.05, 0) is 66.2 Å². The lowest BCUT2D eigenvalue weighted by Crippen LogP contribution is -2.06. The zero-order valence-corrected chi connectivity index (χ0v) is 18.1. The lowest BCUT2D eigenvalue weighted by Gasteiger charge is -2.07. The van der Waals surface area contributed by atoms with Crippen molar-refractivity contribution in [3.05, 3.63) is 96.5 Å². The predicted molar refractivity (Wildman–Crippen MR) is 132 cm³/mol. The van der Waals surface area contributed by atoms with E-state index in [1.165, 1.54) is 0 Å². The maximum Gasteiger partial charge on any atom is 0.230 e. The van der Waals surface area contributed by atoms with Crippen LogP contribution in [0.1, 0.15) is 6.92 Å². The van der Waals surface area contributed by atoms with Crippen molar-refractivity contribution in [3.63, 3.8) is 0 Å². The van der Waals surface area contributed by atoms with Crippen molar-refractivity contribution in [1.82, 2.24) is 9.97 Å². The quantitative estimate of drug-likeness (QED) is 0.314. The van der Waals surface area contributed by atoms with Crippen LogP contribution in [0.15, 0.2) is 100 Å². The zero-order valence-electron chi connectivity index (χ0n) is 18.1. The Labute approximate surface area is 190 Å². The molecule has 0 fully saturated rings. The van der Waals surface area contributed by atoms with Crippen molar-refractivity contribution in [2.24, 2.45) is 4.99 Å². The van der Waals surface area contributed by atoms with Gasteiger partial charge in [0, 0.05) is 5.39 Å². The van der Waals surface area contributed by atoms with E-state index >= 15 is 0 Å². The molecule has 2 heterocycles. The van der Waals surface area contributed by atoms with Crippen LogP contribution in [0.3, 0.4) is 0 Å². The fraction of sp³-hybridized carbons (Fsp3) is 0.0714. The first-order valence-electron chi connectivity index (χ1n) is 11.0. The fourth-order valence-electron chi connectivity index (χ4n) is 4.11. The third kappa shape index (κ3) is 3.53. The minimum absolute atomic E-state index is 0.501. The standard InChI is InChI=1S/C28H21N3O2/c1-2-32-20-14-12-19(13-15-20)29-28-23(27-30-24-9-5-6-10-25(24)31-27)17-22-21-8-4-3-7-18(21)11-16-26(22)33-28/h3-17H,2H2,1H3,(H,30,31). The minimum atomic E-state index is 0.501. The number of rotatable bonds is 4. The SMILES string of the molecule is CCOc1ccc(N=c2oc3ccc4ccccc4c3cc2-c2nc3ccccc3[nH]2)cc1. The molecule has 4 aromatic carbocycles. The average molecular weight is 431 g/mol. The van der Waals surface area contributed by atoms with Gasteiger partial charge in [-0.3, -0.25) is 0 Å². The van der Waals surface area contributed by atoms with Gasteiger partial charge in [0.25, 0.3) is 0 Å². The summed E-state index contributed by atoms with van der Waals surface area (Å²) in [6.45, 7) is 2.59. The van der Waals surface area contributed by atoms with Gasteiger partial charge in [-0.1, -0.05) is 42.5 Å². The maximum absolute atomic E-state index is 6.38. The molecule has 0 aliphatic carbocycles. The second-order valence-electron chi connectivity index (χ2n) is 7.81. The second kappa shape index (κ2) is 7.95. The smallest absolute Gasteiger partial charge is 0.230 e. The molecular weight excluding hydrogens is 410 g/mol. The van der Waals surface area contributed by atoms with Gasteiger partial charge in [0.1, 0.15) is 17.2 Å². The van der Waals surface area contributed by atoms with E-state index in [0.717, 1.165) is 55.6 Å². The van der Waals surface area contributed by atoms with Crippen LogP contribution in [0.2, 0.25) is 0 Å². The van der Waals surface area contributed by atoms with E-state index < -0.39 is 0 Å². The van der Waals surface area contributed by atoms with E-state index in [4.69, 9.17) is 19.1 Å². The fourth-order valence-corrected chi connectivity index (χ4v) is 4.11. The van der Waals surface area contributed by atoms with Gasteiger partial charge in [-0.2, -0.15) is 0 Å². The summed E-state index contributed by atoms with van der Waals surface area (Å²) in [5, 5.41) is 3.31. The minimum Gasteiger partial charge on any atom is -0.494 e. The van der Waals surface area contributed by atoms with Gasteiger partial charge in [-0.25, -0.2) is 9.98 Å². The molecule has 6 rings (SSSR count). The Hall–Kier alpha value is -4.38. The molecule has 160 valence electrons. The molecule has 0 saturated carbocycles. The van der Waals surface area contributed by atoms with Crippen molar-refractivity contribution in [2.45, 2.75) is 6.92 Å². The summed E-state index contributed by atoms with van der Waals surface area (Å²) in [5.74, 6) is 1.54. The summed E-state index contributed by atoms with van der Waals surface area (Å²) >= 11 is 0. The highest BCUT2D eigenvalue weighted by Gasteiger charge is 2.13. The molecule has 1 N–H and O–H groups in total. The second-order valence-corrected chi connectivity index (χ2v) is 7.81. The summed E-state index contributed by atoms with van der Waals surface area (Å²) in [7, 11) is 0. The zero-order chi connectivity index (χ0) is 22.2. The molecule has 0 bridgehead atoms. The summed E-state index contributed by atoms with van der Waals surface area (Å²) in [4.78, 5) is 13.1. The summed E-state index contributed by atoms with van der Waals surface area (Å²) < 4.78 is 11.9. The Bertz CT molecular complexity index is 1640. The van der Waals surface area contributed by atoms with Crippen LogP contribution in [0, 0.1) is 0 Å². The van der Waals surface area contributed by atoms with Crippen molar-refractivity contribution in [3.8, 4) is 17.1 Å². The Kier molecular flexibility index (Phi) is 4.65. The Balaban J connectivity index is 1.62. The number of aromatic amines is 1. The van der Waals surface area contributed by atoms with Gasteiger partial charge >= 0.3 is 0 Å². The largest absolute Gasteiger partial charge is 0.494 e. The molecule has 5 heteroatoms. The average Bonchev–Trinajstić information content (AvgIpc) is 3.29. The summed E-state index contributed by atoms with van der Waals surface area (Å²) in [6, 6.07) is 30.1. The van der Waals surface area contributed by atoms with E-state index in [-0.39, 0.29) is 0 Å². The van der Waals surface area contributed by atoms with E-state index in [2.05, 4.69) is 29.2 Å². The molecule has 0 spiro atoms. The molecule has 0 atom stereocenters. The molecule has 5 nitrogen and oxygen atoms in total. The topological polar surface area (TPSA) is 63.4 Å². The van der Waals surface area contributed by atoms with Crippen LogP contribution in [0.5, 0.6) is 5.75 Å². The monoisotopic (exact) mass is 431 g/mol. The lowest BCUT2D eigenvalue weighted by molar-refractivity contribution is 0.340. The molecule has 0 saturated heterocycles. The molecule has 0 amide bonds. The number of ether oxygens (including phenoxy) is 1. The number of hydrogen-bond acceptors (Lipinski definition) is 4. The van der Waals surface area contributed by atoms with Crippen LogP contribution in [-0.2, 0) is 0 Å². The van der Waals surface area contributed by atoms with Gasteiger partial charge < -0.3 is 14.1 Å². The molecule has 0 aliphatic heterocycles. The van der Waals surface area contributed by atoms with Gasteiger partial charge in [0.2, 0.25) is 5.55 Å². The number of hydrogen-bond donors (Lipinski definition) is 1. The number of benzene rings is 4. The van der Waals surface area contributed by atoms with Crippen molar-refractivity contribution < 1.29 is 9.15 Å². The van der Waals surface area contributed by atoms with Crippen molar-refractivity contribution in [2.75, 3.05) is 6.61 Å². The van der Waals surface area contributed by atoms with Crippen molar-refractivity contribution >= 4 is 38.5 Å². The Morgan fingerprint density at radius 3 is 2.55 bits per heavy atom. The molecule has 2 aromatic heterocycles. The number of nitrogens with one attached hydrogen (secondary N) is 1. The third-order valence-corrected chi connectivity index (χ3v) is 5.68. The number of para-hydroxylation sites is 2. The van der Waals surface area contributed by atoms with E-state index in [0.29, 0.717) is 12.2 Å². The van der Waals surface area contributed by atoms with E-state index in [1.807, 2.05) is 73.7 Å². The summed E-state index contributed by atoms with van der Waals surface area (Å²) in [5.41, 5.74) is 4.73. The number of aromatic nitrogens is 2. The predicted octanol–water partition coefficient (Wildman–Crippen LogP) is 6.76. The highest BCUT2D eigenvalue weighted by molar-refractivity contribution is 6.06. The molecule has 6 aromatic rings. The first-order valence-corrected chi connectivity index (χ1v) is 11.0. The number of H-pyrrole nitrogens is 1. The number of fused-ring (bicyclic) bond motifs is 4. The van der Waals surface area contributed by atoms with Crippen LogP contribution in [-0.4, -0.2) is 16.6 Å². The Morgan fingerprint density at radius 1 is 0.879 bits per heavy atom. The normalized spacial score (nSPS) is 12.1. The van der Waals surface area contributed by atoms with Crippen LogP contribution in [0.4, 0.5) is 5.69 Å². The summed E-state index contributed by atoms with van der Waals surface area (Å²) in [6.07, 6.45) is 0. The Morgan fingerprint density at radius 2 is 1.70 bits per heavy atom. The highest BCUT2D eigenvalue weighted by Crippen LogP contribution is 2.28. The molecule has 0 radical (unpaired) electrons. The first-order chi connectivity index (χ1) is 16.3. The number of nitrogens with zero attached hydrogens (tertiary/aromatic N) is 2. The van der Waals surface area contributed by atoms with Crippen LogP contribution < -0.4 is 10.3 Å². The van der Waals surface area contributed by atoms with Crippen molar-refractivity contribution in [1.29, 1.82) is 0 Å². The van der Waals surface area contributed by atoms with E-state index in [9.17, 15) is 0 Å². The van der Waals surface area contributed by atoms with Gasteiger partial charge in [-0.15, -0.1) is 0 Å². The van der Waals surface area contributed by atoms with Gasteiger partial charge in [0.15, 0.2) is 0 Å². The molecule has 0 unspecified atom stereocenters. The van der Waals surface area contributed by atoms with Crippen LogP contribution in [0.25, 0.3) is 44.2 Å². The molecule has 0 aliphatic rings. The first kappa shape index (κ1) is 19.3. The number of imidazole rings is 1. The van der Waals surface area contributed by atoms with E-state index in [1.54, 1.807) is 0 Å². The van der Waals surface area contributed by atoms with Crippen LogP contribution >= 0.6 is 0 Å². The third-order valence-electron chi connectivity index (χ3n) is 5.68. The lowest BCUT2D eigenvalue weighted by atomic mass is 10.0. The molecular formula is C28H21N3O2. The maximum atomic E-state index is 6.38. The van der Waals surface area contributed by atoms with Gasteiger partial charge in [0.05, 0.1) is 28.9 Å². The highest BCUT2D eigenvalue weighted by atomic mass is 16.5.